The van der Waals surface area contributed by atoms with Gasteiger partial charge >= 0.3 is 0 Å². The molecule has 7 heteroatoms. The molecule has 0 aliphatic heterocycles. The summed E-state index contributed by atoms with van der Waals surface area (Å²) in [7, 11) is 0. The van der Waals surface area contributed by atoms with E-state index in [9.17, 15) is 4.79 Å². The van der Waals surface area contributed by atoms with Crippen molar-refractivity contribution < 1.29 is 9.53 Å². The molecule has 174 valence electrons. The van der Waals surface area contributed by atoms with Crippen LogP contribution in [0.4, 0.5) is 0 Å². The summed E-state index contributed by atoms with van der Waals surface area (Å²) in [6, 6.07) is 12.7. The molecule has 3 aromatic rings. The Morgan fingerprint density at radius 2 is 1.88 bits per heavy atom. The highest BCUT2D eigenvalue weighted by Gasteiger charge is 2.08. The maximum Gasteiger partial charge on any atom is 0.271 e. The van der Waals surface area contributed by atoms with Gasteiger partial charge < -0.3 is 4.74 Å². The van der Waals surface area contributed by atoms with E-state index in [1.54, 1.807) is 41.8 Å². The molecule has 33 heavy (non-hydrogen) atoms. The van der Waals surface area contributed by atoms with Crippen molar-refractivity contribution in [1.82, 2.24) is 10.4 Å². The van der Waals surface area contributed by atoms with Crippen LogP contribution in [-0.2, 0) is 0 Å². The van der Waals surface area contributed by atoms with E-state index in [0.717, 1.165) is 34.7 Å². The minimum Gasteiger partial charge on any atom is -0.493 e. The second kappa shape index (κ2) is 13.1. The van der Waals surface area contributed by atoms with Gasteiger partial charge in [0.2, 0.25) is 0 Å². The largest absolute Gasteiger partial charge is 0.493 e. The number of hydrogen-bond donors (Lipinski definition) is 1. The fourth-order valence-electron chi connectivity index (χ4n) is 3.33. The first-order valence-electron chi connectivity index (χ1n) is 11.3. The van der Waals surface area contributed by atoms with Crippen molar-refractivity contribution in [3.8, 4) is 17.0 Å². The third kappa shape index (κ3) is 7.98. The Morgan fingerprint density at radius 3 is 2.61 bits per heavy atom. The van der Waals surface area contributed by atoms with Gasteiger partial charge in [0.1, 0.15) is 5.75 Å². The lowest BCUT2D eigenvalue weighted by Gasteiger charge is -2.09. The maximum absolute atomic E-state index is 12.5. The van der Waals surface area contributed by atoms with Crippen LogP contribution in [0.5, 0.6) is 5.75 Å². The third-order valence-corrected chi connectivity index (χ3v) is 6.17. The molecule has 0 radical (unpaired) electrons. The molecule has 1 heterocycles. The number of nitrogens with one attached hydrogen (secondary N) is 1. The lowest BCUT2D eigenvalue weighted by atomic mass is 10.1. The molecule has 0 atom stereocenters. The van der Waals surface area contributed by atoms with Crippen LogP contribution in [0.25, 0.3) is 11.3 Å². The average molecular weight is 484 g/mol. The molecule has 5 nitrogen and oxygen atoms in total. The molecule has 2 aromatic carbocycles. The lowest BCUT2D eigenvalue weighted by Crippen LogP contribution is -2.17. The van der Waals surface area contributed by atoms with Crippen LogP contribution in [0.3, 0.4) is 0 Å². The van der Waals surface area contributed by atoms with Gasteiger partial charge in [-0.05, 0) is 43.7 Å². The minimum absolute atomic E-state index is 0.288. The summed E-state index contributed by atoms with van der Waals surface area (Å²) in [6.45, 7) is 4.83. The lowest BCUT2D eigenvalue weighted by molar-refractivity contribution is 0.0955. The van der Waals surface area contributed by atoms with Gasteiger partial charge in [-0.25, -0.2) is 10.4 Å². The molecule has 3 rings (SSSR count). The van der Waals surface area contributed by atoms with Gasteiger partial charge in [-0.15, -0.1) is 11.3 Å². The van der Waals surface area contributed by atoms with Gasteiger partial charge in [0.15, 0.2) is 0 Å². The van der Waals surface area contributed by atoms with Crippen molar-refractivity contribution in [2.24, 2.45) is 5.10 Å². The first kappa shape index (κ1) is 24.9. The smallest absolute Gasteiger partial charge is 0.271 e. The quantitative estimate of drug-likeness (QED) is 0.167. The number of halogens is 1. The van der Waals surface area contributed by atoms with Gasteiger partial charge in [0.25, 0.3) is 5.91 Å². The summed E-state index contributed by atoms with van der Waals surface area (Å²) in [5.74, 6) is 0.415. The Hall–Kier alpha value is -2.70. The molecule has 0 saturated heterocycles. The number of unbranched alkanes of at least 4 members (excludes halogenated alkanes) is 5. The predicted octanol–water partition coefficient (Wildman–Crippen LogP) is 7.28. The van der Waals surface area contributed by atoms with Gasteiger partial charge in [-0.3, -0.25) is 4.79 Å². The third-order valence-electron chi connectivity index (χ3n) is 5.16. The van der Waals surface area contributed by atoms with E-state index < -0.39 is 0 Å². The highest BCUT2D eigenvalue weighted by Crippen LogP contribution is 2.23. The van der Waals surface area contributed by atoms with Crippen molar-refractivity contribution in [1.29, 1.82) is 0 Å². The van der Waals surface area contributed by atoms with Crippen molar-refractivity contribution in [3.63, 3.8) is 0 Å². The van der Waals surface area contributed by atoms with E-state index >= 15 is 0 Å². The molecule has 0 aliphatic carbocycles. The van der Waals surface area contributed by atoms with Crippen LogP contribution in [0, 0.1) is 6.92 Å². The normalized spacial score (nSPS) is 11.1. The zero-order valence-electron chi connectivity index (χ0n) is 19.1. The number of rotatable bonds is 12. The summed E-state index contributed by atoms with van der Waals surface area (Å²) in [6.07, 6.45) is 8.79. The molecule has 0 fully saturated rings. The summed E-state index contributed by atoms with van der Waals surface area (Å²) in [4.78, 5) is 16.9. The second-order valence-electron chi connectivity index (χ2n) is 7.83. The van der Waals surface area contributed by atoms with E-state index in [1.807, 2.05) is 30.5 Å². The number of ether oxygens (including phenoxy) is 1. The number of amides is 1. The number of nitrogens with zero attached hydrogens (tertiary/aromatic N) is 2. The molecule has 0 saturated carbocycles. The second-order valence-corrected chi connectivity index (χ2v) is 9.33. The van der Waals surface area contributed by atoms with Crippen LogP contribution in [0.1, 0.15) is 66.4 Å². The minimum atomic E-state index is -0.288. The number of thiazole rings is 1. The molecule has 0 bridgehead atoms. The first-order valence-corrected chi connectivity index (χ1v) is 12.6. The van der Waals surface area contributed by atoms with E-state index in [0.29, 0.717) is 22.9 Å². The van der Waals surface area contributed by atoms with Crippen molar-refractivity contribution in [2.45, 2.75) is 52.4 Å². The van der Waals surface area contributed by atoms with Crippen molar-refractivity contribution >= 4 is 35.1 Å². The fraction of sp³-hybridized carbons (Fsp3) is 0.346. The van der Waals surface area contributed by atoms with Crippen LogP contribution in [0.15, 0.2) is 52.9 Å². The Bertz CT molecular complexity index is 1060. The van der Waals surface area contributed by atoms with E-state index in [4.69, 9.17) is 16.3 Å². The Morgan fingerprint density at radius 1 is 1.12 bits per heavy atom. The number of hydrogen-bond acceptors (Lipinski definition) is 5. The van der Waals surface area contributed by atoms with Crippen LogP contribution < -0.4 is 10.2 Å². The highest BCUT2D eigenvalue weighted by atomic mass is 35.5. The molecule has 0 aliphatic rings. The number of aromatic nitrogens is 1. The molecule has 0 spiro atoms. The zero-order chi connectivity index (χ0) is 23.5. The van der Waals surface area contributed by atoms with Crippen LogP contribution in [0.2, 0.25) is 5.02 Å². The summed E-state index contributed by atoms with van der Waals surface area (Å²) in [5.41, 5.74) is 5.71. The van der Waals surface area contributed by atoms with E-state index in [2.05, 4.69) is 22.4 Å². The highest BCUT2D eigenvalue weighted by molar-refractivity contribution is 7.09. The Kier molecular flexibility index (Phi) is 9.91. The maximum atomic E-state index is 12.5. The summed E-state index contributed by atoms with van der Waals surface area (Å²) < 4.78 is 5.93. The zero-order valence-corrected chi connectivity index (χ0v) is 20.7. The van der Waals surface area contributed by atoms with E-state index in [-0.39, 0.29) is 5.91 Å². The average Bonchev–Trinajstić information content (AvgIpc) is 3.26. The molecular weight excluding hydrogens is 454 g/mol. The molecule has 1 N–H and O–H groups in total. The topological polar surface area (TPSA) is 63.6 Å². The fourth-order valence-corrected chi connectivity index (χ4v) is 4.13. The van der Waals surface area contributed by atoms with E-state index in [1.165, 1.54) is 25.7 Å². The number of carbonyl (C=O) groups excluding carboxylic acids is 1. The number of hydrazone groups is 1. The summed E-state index contributed by atoms with van der Waals surface area (Å²) in [5, 5.41) is 7.71. The molecule has 1 amide bonds. The predicted molar refractivity (Wildman–Crippen MR) is 138 cm³/mol. The monoisotopic (exact) mass is 483 g/mol. The van der Waals surface area contributed by atoms with Crippen molar-refractivity contribution in [3.05, 3.63) is 69.0 Å². The van der Waals surface area contributed by atoms with Gasteiger partial charge in [0, 0.05) is 27.1 Å². The molecular formula is C26H30ClN3O2S. The SMILES string of the molecule is CCCCCCCCOc1ccc(Cl)cc1/C=N/NC(=O)c1ccc(-c2csc(C)n2)cc1. The Balaban J connectivity index is 1.53. The molecule has 0 unspecified atom stereocenters. The number of carbonyl (C=O) groups is 1. The van der Waals surface area contributed by atoms with Gasteiger partial charge in [0.05, 0.1) is 23.5 Å². The molecule has 1 aromatic heterocycles. The van der Waals surface area contributed by atoms with Crippen molar-refractivity contribution in [2.75, 3.05) is 6.61 Å². The summed E-state index contributed by atoms with van der Waals surface area (Å²) >= 11 is 7.75. The number of aryl methyl sites for hydroxylation is 1. The van der Waals surface area contributed by atoms with Gasteiger partial charge in [-0.2, -0.15) is 5.10 Å². The van der Waals surface area contributed by atoms with Crippen LogP contribution >= 0.6 is 22.9 Å². The number of benzene rings is 2. The van der Waals surface area contributed by atoms with Gasteiger partial charge in [-0.1, -0.05) is 62.8 Å². The van der Waals surface area contributed by atoms with Crippen LogP contribution in [-0.4, -0.2) is 23.7 Å². The Labute approximate surface area is 204 Å². The standard InChI is InChI=1S/C26H30ClN3O2S/c1-3-4-5-6-7-8-15-32-25-14-13-23(27)16-22(25)17-28-30-26(31)21-11-9-20(10-12-21)24-18-33-19(2)29-24/h9-14,16-18H,3-8,15H2,1-2H3,(H,30,31)/b28-17+. The first-order chi connectivity index (χ1) is 16.1.